The van der Waals surface area contributed by atoms with Crippen LogP contribution in [-0.4, -0.2) is 33.4 Å². The summed E-state index contributed by atoms with van der Waals surface area (Å²) in [4.78, 5) is 18.7. The third-order valence-electron chi connectivity index (χ3n) is 4.47. The molecule has 1 aliphatic heterocycles. The number of aryl methyl sites for hydroxylation is 1. The van der Waals surface area contributed by atoms with Gasteiger partial charge < -0.3 is 9.47 Å². The summed E-state index contributed by atoms with van der Waals surface area (Å²) in [5, 5.41) is 0. The second-order valence-electron chi connectivity index (χ2n) is 6.53. The Bertz CT molecular complexity index is 645. The number of carbonyl (C=O) groups excluding carboxylic acids is 1. The molecule has 110 valence electrons. The van der Waals surface area contributed by atoms with Crippen molar-refractivity contribution < 1.29 is 4.79 Å². The fourth-order valence-electron chi connectivity index (χ4n) is 3.26. The first kappa shape index (κ1) is 13.9. The zero-order valence-corrected chi connectivity index (χ0v) is 12.8. The Morgan fingerprint density at radius 2 is 2.00 bits per heavy atom. The summed E-state index contributed by atoms with van der Waals surface area (Å²) in [6.45, 7) is 6.01. The van der Waals surface area contributed by atoms with Gasteiger partial charge in [-0.05, 0) is 11.0 Å². The first-order chi connectivity index (χ1) is 9.99. The fraction of sp³-hybridized carbons (Fsp3) is 0.412. The van der Waals surface area contributed by atoms with Crippen LogP contribution in [0.1, 0.15) is 35.8 Å². The molecule has 1 aliphatic rings. The Hall–Kier alpha value is -2.10. The number of hydrogen-bond donors (Lipinski definition) is 0. The molecule has 0 unspecified atom stereocenters. The van der Waals surface area contributed by atoms with Gasteiger partial charge in [-0.15, -0.1) is 0 Å². The quantitative estimate of drug-likeness (QED) is 0.850. The van der Waals surface area contributed by atoms with Gasteiger partial charge in [0.2, 0.25) is 0 Å². The number of likely N-dealkylation sites (tertiary alicyclic amines) is 1. The van der Waals surface area contributed by atoms with Gasteiger partial charge in [-0.3, -0.25) is 4.79 Å². The van der Waals surface area contributed by atoms with Crippen LogP contribution in [0.25, 0.3) is 0 Å². The molecular weight excluding hydrogens is 262 g/mol. The highest BCUT2D eigenvalue weighted by Gasteiger charge is 2.42. The highest BCUT2D eigenvalue weighted by atomic mass is 16.2. The minimum Gasteiger partial charge on any atom is -0.336 e. The molecule has 2 heterocycles. The molecule has 1 amide bonds. The van der Waals surface area contributed by atoms with E-state index in [9.17, 15) is 4.79 Å². The topological polar surface area (TPSA) is 38.1 Å². The van der Waals surface area contributed by atoms with E-state index < -0.39 is 0 Å². The molecule has 0 radical (unpaired) electrons. The van der Waals surface area contributed by atoms with Crippen molar-refractivity contribution in [3.8, 4) is 0 Å². The average molecular weight is 283 g/mol. The van der Waals surface area contributed by atoms with E-state index >= 15 is 0 Å². The zero-order chi connectivity index (χ0) is 15.0. The maximum Gasteiger partial charge on any atom is 0.272 e. The molecular formula is C17H21N3O. The van der Waals surface area contributed by atoms with E-state index in [1.807, 2.05) is 18.0 Å². The van der Waals surface area contributed by atoms with Crippen LogP contribution >= 0.6 is 0 Å². The Labute approximate surface area is 125 Å². The summed E-state index contributed by atoms with van der Waals surface area (Å²) in [5.41, 5.74) is 2.04. The SMILES string of the molecule is Cn1cncc1C(=O)N1C[C@H](c2ccccc2)C(C)(C)C1. The predicted molar refractivity (Wildman–Crippen MR) is 82.1 cm³/mol. The van der Waals surface area contributed by atoms with Gasteiger partial charge in [0, 0.05) is 26.1 Å². The molecule has 1 aromatic heterocycles. The van der Waals surface area contributed by atoms with E-state index in [4.69, 9.17) is 0 Å². The molecule has 4 heteroatoms. The first-order valence-electron chi connectivity index (χ1n) is 7.29. The molecule has 1 atom stereocenters. The minimum atomic E-state index is 0.0708. The number of hydrogen-bond acceptors (Lipinski definition) is 2. The molecule has 21 heavy (non-hydrogen) atoms. The number of aromatic nitrogens is 2. The zero-order valence-electron chi connectivity index (χ0n) is 12.8. The van der Waals surface area contributed by atoms with Gasteiger partial charge in [-0.2, -0.15) is 0 Å². The van der Waals surface area contributed by atoms with Crippen molar-refractivity contribution in [2.24, 2.45) is 12.5 Å². The Balaban J connectivity index is 1.85. The van der Waals surface area contributed by atoms with Crippen LogP contribution in [0.3, 0.4) is 0 Å². The third kappa shape index (κ3) is 2.46. The predicted octanol–water partition coefficient (Wildman–Crippen LogP) is 2.69. The van der Waals surface area contributed by atoms with E-state index in [1.165, 1.54) is 5.56 Å². The molecule has 4 nitrogen and oxygen atoms in total. The lowest BCUT2D eigenvalue weighted by Gasteiger charge is -2.25. The standard InChI is InChI=1S/C17H21N3O/c1-17(2)11-20(16(21)15-9-18-12-19(15)3)10-14(17)13-7-5-4-6-8-13/h4-9,12,14H,10-11H2,1-3H3/t14-/m1/s1. The van der Waals surface area contributed by atoms with Gasteiger partial charge in [-0.1, -0.05) is 44.2 Å². The van der Waals surface area contributed by atoms with Gasteiger partial charge in [0.15, 0.2) is 0 Å². The van der Waals surface area contributed by atoms with Crippen molar-refractivity contribution in [2.75, 3.05) is 13.1 Å². The van der Waals surface area contributed by atoms with E-state index in [2.05, 4.69) is 43.1 Å². The Morgan fingerprint density at radius 3 is 2.62 bits per heavy atom. The smallest absolute Gasteiger partial charge is 0.272 e. The first-order valence-corrected chi connectivity index (χ1v) is 7.29. The highest BCUT2D eigenvalue weighted by molar-refractivity contribution is 5.92. The van der Waals surface area contributed by atoms with Crippen molar-refractivity contribution >= 4 is 5.91 Å². The summed E-state index contributed by atoms with van der Waals surface area (Å²) in [6.07, 6.45) is 3.31. The van der Waals surface area contributed by atoms with E-state index in [0.717, 1.165) is 13.1 Å². The van der Waals surface area contributed by atoms with Crippen LogP contribution in [-0.2, 0) is 7.05 Å². The van der Waals surface area contributed by atoms with Crippen LogP contribution in [0.4, 0.5) is 0 Å². The van der Waals surface area contributed by atoms with E-state index in [0.29, 0.717) is 11.6 Å². The second-order valence-corrected chi connectivity index (χ2v) is 6.53. The number of benzene rings is 1. The summed E-state index contributed by atoms with van der Waals surface area (Å²) in [7, 11) is 1.86. The lowest BCUT2D eigenvalue weighted by Crippen LogP contribution is -2.31. The van der Waals surface area contributed by atoms with Crippen molar-refractivity contribution in [3.63, 3.8) is 0 Å². The normalized spacial score (nSPS) is 20.7. The monoisotopic (exact) mass is 283 g/mol. The van der Waals surface area contributed by atoms with Gasteiger partial charge >= 0.3 is 0 Å². The van der Waals surface area contributed by atoms with Crippen LogP contribution in [0, 0.1) is 5.41 Å². The number of carbonyl (C=O) groups is 1. The van der Waals surface area contributed by atoms with E-state index in [1.54, 1.807) is 17.1 Å². The van der Waals surface area contributed by atoms with Crippen molar-refractivity contribution in [1.29, 1.82) is 0 Å². The summed E-state index contributed by atoms with van der Waals surface area (Å²) < 4.78 is 1.78. The molecule has 1 saturated heterocycles. The van der Waals surface area contributed by atoms with Crippen LogP contribution < -0.4 is 0 Å². The van der Waals surface area contributed by atoms with Crippen molar-refractivity contribution in [2.45, 2.75) is 19.8 Å². The second kappa shape index (κ2) is 5.02. The van der Waals surface area contributed by atoms with Crippen molar-refractivity contribution in [1.82, 2.24) is 14.5 Å². The Kier molecular flexibility index (Phi) is 3.32. The number of amides is 1. The van der Waals surface area contributed by atoms with Crippen LogP contribution in [0.5, 0.6) is 0 Å². The fourth-order valence-corrected chi connectivity index (χ4v) is 3.26. The number of rotatable bonds is 2. The number of imidazole rings is 1. The average Bonchev–Trinajstić information content (AvgIpc) is 3.02. The maximum absolute atomic E-state index is 12.7. The highest BCUT2D eigenvalue weighted by Crippen LogP contribution is 2.42. The molecule has 0 N–H and O–H groups in total. The minimum absolute atomic E-state index is 0.0708. The van der Waals surface area contributed by atoms with Crippen molar-refractivity contribution in [3.05, 3.63) is 54.1 Å². The van der Waals surface area contributed by atoms with Gasteiger partial charge in [0.25, 0.3) is 5.91 Å². The molecule has 1 aromatic carbocycles. The summed E-state index contributed by atoms with van der Waals surface area (Å²) >= 11 is 0. The van der Waals surface area contributed by atoms with Gasteiger partial charge in [0.1, 0.15) is 5.69 Å². The molecule has 2 aromatic rings. The molecule has 0 spiro atoms. The summed E-state index contributed by atoms with van der Waals surface area (Å²) in [5.74, 6) is 0.442. The van der Waals surface area contributed by atoms with Crippen LogP contribution in [0.2, 0.25) is 0 Å². The largest absolute Gasteiger partial charge is 0.336 e. The lowest BCUT2D eigenvalue weighted by molar-refractivity contribution is 0.0768. The molecule has 1 fully saturated rings. The van der Waals surface area contributed by atoms with Crippen LogP contribution in [0.15, 0.2) is 42.9 Å². The van der Waals surface area contributed by atoms with Gasteiger partial charge in [-0.25, -0.2) is 4.98 Å². The Morgan fingerprint density at radius 1 is 1.29 bits per heavy atom. The molecule has 0 bridgehead atoms. The summed E-state index contributed by atoms with van der Waals surface area (Å²) in [6, 6.07) is 10.5. The molecule has 3 rings (SSSR count). The molecule has 0 aliphatic carbocycles. The van der Waals surface area contributed by atoms with E-state index in [-0.39, 0.29) is 11.3 Å². The van der Waals surface area contributed by atoms with Gasteiger partial charge in [0.05, 0.1) is 12.5 Å². The number of nitrogens with zero attached hydrogens (tertiary/aromatic N) is 3. The molecule has 0 saturated carbocycles. The maximum atomic E-state index is 12.7. The lowest BCUT2D eigenvalue weighted by atomic mass is 9.78. The third-order valence-corrected chi connectivity index (χ3v) is 4.47.